The SMILES string of the molecule is Clc1cc(Cl)cc(Nc2cc(C3CC3)nc(NC3CCCC3)n2)c1. The standard InChI is InChI=1S/C18H20Cl2N4/c19-12-7-13(20)9-15(8-12)21-17-10-16(11-5-6-11)23-18(24-17)22-14-3-1-2-4-14/h7-11,14H,1-6H2,(H2,21,22,23,24). The van der Waals surface area contributed by atoms with Crippen molar-refractivity contribution in [2.45, 2.75) is 50.5 Å². The van der Waals surface area contributed by atoms with E-state index in [9.17, 15) is 0 Å². The van der Waals surface area contributed by atoms with Gasteiger partial charge in [0.1, 0.15) is 5.82 Å². The fourth-order valence-electron chi connectivity index (χ4n) is 3.21. The lowest BCUT2D eigenvalue weighted by Gasteiger charge is -2.15. The van der Waals surface area contributed by atoms with Crippen LogP contribution in [0.25, 0.3) is 0 Å². The zero-order valence-corrected chi connectivity index (χ0v) is 14.9. The largest absolute Gasteiger partial charge is 0.351 e. The zero-order valence-electron chi connectivity index (χ0n) is 13.4. The molecule has 2 N–H and O–H groups in total. The molecule has 126 valence electrons. The van der Waals surface area contributed by atoms with Gasteiger partial charge in [-0.3, -0.25) is 0 Å². The summed E-state index contributed by atoms with van der Waals surface area (Å²) in [6.45, 7) is 0. The monoisotopic (exact) mass is 362 g/mol. The summed E-state index contributed by atoms with van der Waals surface area (Å²) in [4.78, 5) is 9.36. The van der Waals surface area contributed by atoms with Gasteiger partial charge in [0, 0.05) is 33.8 Å². The number of hydrogen-bond acceptors (Lipinski definition) is 4. The van der Waals surface area contributed by atoms with Crippen molar-refractivity contribution >= 4 is 40.7 Å². The summed E-state index contributed by atoms with van der Waals surface area (Å²) in [5.74, 6) is 2.08. The maximum Gasteiger partial charge on any atom is 0.225 e. The number of aromatic nitrogens is 2. The molecule has 4 nitrogen and oxygen atoms in total. The number of benzene rings is 1. The first-order chi connectivity index (χ1) is 11.7. The van der Waals surface area contributed by atoms with Gasteiger partial charge in [-0.25, -0.2) is 4.98 Å². The van der Waals surface area contributed by atoms with Gasteiger partial charge in [-0.2, -0.15) is 4.98 Å². The van der Waals surface area contributed by atoms with Crippen LogP contribution in [0.4, 0.5) is 17.5 Å². The molecule has 1 aromatic heterocycles. The molecule has 0 amide bonds. The summed E-state index contributed by atoms with van der Waals surface area (Å²) in [5.41, 5.74) is 1.95. The minimum absolute atomic E-state index is 0.493. The Labute approximate surface area is 152 Å². The highest BCUT2D eigenvalue weighted by Crippen LogP contribution is 2.40. The van der Waals surface area contributed by atoms with Gasteiger partial charge in [-0.15, -0.1) is 0 Å². The van der Waals surface area contributed by atoms with Gasteiger partial charge in [0.2, 0.25) is 5.95 Å². The van der Waals surface area contributed by atoms with Crippen molar-refractivity contribution in [3.8, 4) is 0 Å². The highest BCUT2D eigenvalue weighted by atomic mass is 35.5. The molecular weight excluding hydrogens is 343 g/mol. The lowest BCUT2D eigenvalue weighted by atomic mass is 10.2. The summed E-state index contributed by atoms with van der Waals surface area (Å²) in [7, 11) is 0. The fraction of sp³-hybridized carbons (Fsp3) is 0.444. The Hall–Kier alpha value is -1.52. The van der Waals surface area contributed by atoms with Crippen LogP contribution in [0.15, 0.2) is 24.3 Å². The van der Waals surface area contributed by atoms with Crippen molar-refractivity contribution < 1.29 is 0 Å². The fourth-order valence-corrected chi connectivity index (χ4v) is 3.74. The highest BCUT2D eigenvalue weighted by Gasteiger charge is 2.27. The molecule has 1 aromatic carbocycles. The van der Waals surface area contributed by atoms with Crippen LogP contribution in [0, 0.1) is 0 Å². The minimum Gasteiger partial charge on any atom is -0.351 e. The summed E-state index contributed by atoms with van der Waals surface area (Å²) < 4.78 is 0. The molecule has 0 radical (unpaired) electrons. The predicted molar refractivity (Wildman–Crippen MR) is 99.6 cm³/mol. The second kappa shape index (κ2) is 6.77. The minimum atomic E-state index is 0.493. The van der Waals surface area contributed by atoms with E-state index in [4.69, 9.17) is 28.2 Å². The molecule has 24 heavy (non-hydrogen) atoms. The lowest BCUT2D eigenvalue weighted by molar-refractivity contribution is 0.742. The Bertz CT molecular complexity index is 720. The molecule has 6 heteroatoms. The maximum atomic E-state index is 6.08. The van der Waals surface area contributed by atoms with Crippen LogP contribution < -0.4 is 10.6 Å². The molecule has 0 unspecified atom stereocenters. The van der Waals surface area contributed by atoms with Crippen molar-refractivity contribution in [3.05, 3.63) is 40.0 Å². The van der Waals surface area contributed by atoms with Crippen LogP contribution in [-0.2, 0) is 0 Å². The smallest absolute Gasteiger partial charge is 0.225 e. The molecule has 0 atom stereocenters. The first kappa shape index (κ1) is 16.0. The average molecular weight is 363 g/mol. The van der Waals surface area contributed by atoms with Gasteiger partial charge in [0.05, 0.1) is 5.69 Å². The van der Waals surface area contributed by atoms with Gasteiger partial charge >= 0.3 is 0 Å². The molecule has 0 aliphatic heterocycles. The third-order valence-corrected chi connectivity index (χ3v) is 5.00. The second-order valence-electron chi connectivity index (χ2n) is 6.68. The van der Waals surface area contributed by atoms with Gasteiger partial charge in [-0.05, 0) is 43.9 Å². The zero-order chi connectivity index (χ0) is 16.5. The number of hydrogen-bond donors (Lipinski definition) is 2. The van der Waals surface area contributed by atoms with E-state index in [1.807, 2.05) is 18.2 Å². The molecule has 4 rings (SSSR count). The second-order valence-corrected chi connectivity index (χ2v) is 7.56. The van der Waals surface area contributed by atoms with E-state index in [1.54, 1.807) is 6.07 Å². The van der Waals surface area contributed by atoms with Crippen LogP contribution in [0.1, 0.15) is 50.1 Å². The normalized spacial score (nSPS) is 17.9. The van der Waals surface area contributed by atoms with Crippen LogP contribution in [0.5, 0.6) is 0 Å². The van der Waals surface area contributed by atoms with Crippen LogP contribution in [-0.4, -0.2) is 16.0 Å². The number of halogens is 2. The highest BCUT2D eigenvalue weighted by molar-refractivity contribution is 6.35. The maximum absolute atomic E-state index is 6.08. The molecule has 0 bridgehead atoms. The van der Waals surface area contributed by atoms with Crippen molar-refractivity contribution in [1.82, 2.24) is 9.97 Å². The van der Waals surface area contributed by atoms with E-state index in [2.05, 4.69) is 15.6 Å². The molecule has 2 aromatic rings. The summed E-state index contributed by atoms with van der Waals surface area (Å²) >= 11 is 12.2. The number of rotatable bonds is 5. The summed E-state index contributed by atoms with van der Waals surface area (Å²) in [6, 6.07) is 7.93. The van der Waals surface area contributed by atoms with E-state index in [0.717, 1.165) is 23.1 Å². The number of nitrogens with zero attached hydrogens (tertiary/aromatic N) is 2. The molecule has 0 spiro atoms. The van der Waals surface area contributed by atoms with Gasteiger partial charge in [0.15, 0.2) is 0 Å². The molecular formula is C18H20Cl2N4. The lowest BCUT2D eigenvalue weighted by Crippen LogP contribution is -2.17. The van der Waals surface area contributed by atoms with Crippen molar-refractivity contribution in [1.29, 1.82) is 0 Å². The van der Waals surface area contributed by atoms with Crippen molar-refractivity contribution in [2.24, 2.45) is 0 Å². The van der Waals surface area contributed by atoms with Crippen LogP contribution >= 0.6 is 23.2 Å². The molecule has 2 saturated carbocycles. The predicted octanol–water partition coefficient (Wildman–Crippen LogP) is 5.76. The molecule has 2 aliphatic rings. The van der Waals surface area contributed by atoms with Crippen LogP contribution in [0.3, 0.4) is 0 Å². The molecule has 1 heterocycles. The quantitative estimate of drug-likeness (QED) is 0.709. The Balaban J connectivity index is 1.59. The van der Waals surface area contributed by atoms with E-state index in [1.165, 1.54) is 38.5 Å². The van der Waals surface area contributed by atoms with Gasteiger partial charge < -0.3 is 10.6 Å². The molecule has 2 fully saturated rings. The first-order valence-electron chi connectivity index (χ1n) is 8.54. The van der Waals surface area contributed by atoms with E-state index >= 15 is 0 Å². The average Bonchev–Trinajstić information content (AvgIpc) is 3.25. The third kappa shape index (κ3) is 3.93. The molecule has 2 aliphatic carbocycles. The Morgan fingerprint density at radius 3 is 2.25 bits per heavy atom. The summed E-state index contributed by atoms with van der Waals surface area (Å²) in [5, 5.41) is 8.02. The molecule has 0 saturated heterocycles. The topological polar surface area (TPSA) is 49.8 Å². The Morgan fingerprint density at radius 1 is 0.875 bits per heavy atom. The van der Waals surface area contributed by atoms with E-state index in [-0.39, 0.29) is 0 Å². The first-order valence-corrected chi connectivity index (χ1v) is 9.30. The number of nitrogens with one attached hydrogen (secondary N) is 2. The van der Waals surface area contributed by atoms with Gasteiger partial charge in [-0.1, -0.05) is 36.0 Å². The van der Waals surface area contributed by atoms with E-state index in [0.29, 0.717) is 22.0 Å². The van der Waals surface area contributed by atoms with E-state index < -0.39 is 0 Å². The Morgan fingerprint density at radius 2 is 1.58 bits per heavy atom. The van der Waals surface area contributed by atoms with Gasteiger partial charge in [0.25, 0.3) is 0 Å². The van der Waals surface area contributed by atoms with Crippen molar-refractivity contribution in [3.63, 3.8) is 0 Å². The third-order valence-electron chi connectivity index (χ3n) is 4.56. The van der Waals surface area contributed by atoms with Crippen molar-refractivity contribution in [2.75, 3.05) is 10.6 Å². The Kier molecular flexibility index (Phi) is 4.51. The number of anilines is 3. The summed E-state index contributed by atoms with van der Waals surface area (Å²) in [6.07, 6.45) is 7.39. The van der Waals surface area contributed by atoms with Crippen LogP contribution in [0.2, 0.25) is 10.0 Å².